The molecule has 0 heterocycles. The molecule has 0 spiro atoms. The smallest absolute Gasteiger partial charge is 0.224 e. The number of rotatable bonds is 6. The van der Waals surface area contributed by atoms with Crippen molar-refractivity contribution in [2.24, 2.45) is 5.73 Å². The number of carbonyl (C=O) groups excluding carboxylic acids is 1. The Balaban J connectivity index is 2.39. The topological polar surface area (TPSA) is 84.6 Å². The van der Waals surface area contributed by atoms with Crippen LogP contribution in [-0.2, 0) is 11.2 Å². The van der Waals surface area contributed by atoms with E-state index in [1.165, 1.54) is 0 Å². The lowest BCUT2D eigenvalue weighted by atomic mass is 10.1. The van der Waals surface area contributed by atoms with Gasteiger partial charge in [0.25, 0.3) is 0 Å². The number of nitrogens with one attached hydrogen (secondary N) is 1. The summed E-state index contributed by atoms with van der Waals surface area (Å²) in [5.41, 5.74) is 6.52. The van der Waals surface area contributed by atoms with Crippen molar-refractivity contribution in [3.8, 4) is 5.75 Å². The molecular formula is C13H20N2O3. The lowest BCUT2D eigenvalue weighted by Gasteiger charge is -2.15. The summed E-state index contributed by atoms with van der Waals surface area (Å²) < 4.78 is 5.03. The van der Waals surface area contributed by atoms with Crippen molar-refractivity contribution < 1.29 is 14.6 Å². The number of methoxy groups -OCH3 is 1. The van der Waals surface area contributed by atoms with E-state index in [-0.39, 0.29) is 18.9 Å². The molecule has 2 atom stereocenters. The number of nitrogens with two attached hydrogens (primary N) is 1. The van der Waals surface area contributed by atoms with Gasteiger partial charge in [0.15, 0.2) is 0 Å². The molecule has 1 aromatic carbocycles. The van der Waals surface area contributed by atoms with Crippen LogP contribution in [0.4, 0.5) is 0 Å². The molecule has 0 aromatic heterocycles. The molecule has 18 heavy (non-hydrogen) atoms. The Kier molecular flexibility index (Phi) is 5.61. The summed E-state index contributed by atoms with van der Waals surface area (Å²) in [5.74, 6) is 0.645. The first-order valence-corrected chi connectivity index (χ1v) is 5.86. The van der Waals surface area contributed by atoms with E-state index in [2.05, 4.69) is 5.32 Å². The van der Waals surface area contributed by atoms with Gasteiger partial charge in [0.05, 0.1) is 19.6 Å². The number of hydrogen-bond donors (Lipinski definition) is 3. The predicted molar refractivity (Wildman–Crippen MR) is 69.4 cm³/mol. The Labute approximate surface area is 107 Å². The molecule has 2 unspecified atom stereocenters. The number of carbonyl (C=O) groups is 1. The van der Waals surface area contributed by atoms with Gasteiger partial charge in [-0.3, -0.25) is 4.79 Å². The van der Waals surface area contributed by atoms with Crippen LogP contribution < -0.4 is 15.8 Å². The van der Waals surface area contributed by atoms with Crippen LogP contribution in [-0.4, -0.2) is 36.8 Å². The predicted octanol–water partition coefficient (Wildman–Crippen LogP) is 0.0620. The minimum atomic E-state index is -0.633. The number of aliphatic hydroxyl groups is 1. The summed E-state index contributed by atoms with van der Waals surface area (Å²) in [6.07, 6.45) is -0.345. The summed E-state index contributed by atoms with van der Waals surface area (Å²) in [5, 5.41) is 11.9. The number of ether oxygens (including phenoxy) is 1. The van der Waals surface area contributed by atoms with Crippen molar-refractivity contribution in [2.75, 3.05) is 13.7 Å². The molecule has 0 fully saturated rings. The highest BCUT2D eigenvalue weighted by atomic mass is 16.5. The van der Waals surface area contributed by atoms with Crippen LogP contribution in [0.3, 0.4) is 0 Å². The highest BCUT2D eigenvalue weighted by molar-refractivity contribution is 5.78. The van der Waals surface area contributed by atoms with Crippen molar-refractivity contribution in [1.82, 2.24) is 5.32 Å². The Bertz CT molecular complexity index is 376. The summed E-state index contributed by atoms with van der Waals surface area (Å²) in [6, 6.07) is 6.86. The fraction of sp³-hybridized carbons (Fsp3) is 0.462. The van der Waals surface area contributed by atoms with Crippen LogP contribution in [0.25, 0.3) is 0 Å². The standard InChI is InChI=1S/C13H20N2O3/c1-9(16)12(14)8-15-13(17)7-10-3-5-11(18-2)6-4-10/h3-6,9,12,16H,7-8,14H2,1-2H3,(H,15,17). The molecule has 0 aliphatic carbocycles. The van der Waals surface area contributed by atoms with Gasteiger partial charge in [0, 0.05) is 12.6 Å². The van der Waals surface area contributed by atoms with Gasteiger partial charge in [-0.25, -0.2) is 0 Å². The molecule has 1 aromatic rings. The molecule has 4 N–H and O–H groups in total. The largest absolute Gasteiger partial charge is 0.497 e. The van der Waals surface area contributed by atoms with Crippen molar-refractivity contribution in [3.05, 3.63) is 29.8 Å². The van der Waals surface area contributed by atoms with Crippen LogP contribution in [0.5, 0.6) is 5.75 Å². The molecule has 5 heteroatoms. The molecule has 1 rings (SSSR count). The fourth-order valence-corrected chi connectivity index (χ4v) is 1.39. The Morgan fingerprint density at radius 3 is 2.56 bits per heavy atom. The summed E-state index contributed by atoms with van der Waals surface area (Å²) in [6.45, 7) is 1.87. The number of hydrogen-bond acceptors (Lipinski definition) is 4. The van der Waals surface area contributed by atoms with Gasteiger partial charge < -0.3 is 20.9 Å². The van der Waals surface area contributed by atoms with Gasteiger partial charge in [-0.15, -0.1) is 0 Å². The van der Waals surface area contributed by atoms with E-state index >= 15 is 0 Å². The lowest BCUT2D eigenvalue weighted by Crippen LogP contribution is -2.44. The third-order valence-electron chi connectivity index (χ3n) is 2.68. The average Bonchev–Trinajstić information content (AvgIpc) is 2.36. The monoisotopic (exact) mass is 252 g/mol. The molecular weight excluding hydrogens is 232 g/mol. The molecule has 0 radical (unpaired) electrons. The van der Waals surface area contributed by atoms with Crippen LogP contribution in [0.1, 0.15) is 12.5 Å². The maximum Gasteiger partial charge on any atom is 0.224 e. The second kappa shape index (κ2) is 6.98. The molecule has 0 saturated heterocycles. The summed E-state index contributed by atoms with van der Waals surface area (Å²) >= 11 is 0. The normalized spacial score (nSPS) is 13.8. The molecule has 0 bridgehead atoms. The Morgan fingerprint density at radius 2 is 2.06 bits per heavy atom. The van der Waals surface area contributed by atoms with E-state index < -0.39 is 12.1 Å². The average molecular weight is 252 g/mol. The third kappa shape index (κ3) is 4.73. The van der Waals surface area contributed by atoms with Crippen LogP contribution in [0.2, 0.25) is 0 Å². The zero-order valence-electron chi connectivity index (χ0n) is 10.7. The summed E-state index contributed by atoms with van der Waals surface area (Å²) in [4.78, 5) is 11.6. The van der Waals surface area contributed by atoms with E-state index in [0.717, 1.165) is 11.3 Å². The van der Waals surface area contributed by atoms with Crippen molar-refractivity contribution in [1.29, 1.82) is 0 Å². The van der Waals surface area contributed by atoms with Gasteiger partial charge in [0.1, 0.15) is 5.75 Å². The third-order valence-corrected chi connectivity index (χ3v) is 2.68. The van der Waals surface area contributed by atoms with E-state index in [0.29, 0.717) is 0 Å². The maximum absolute atomic E-state index is 11.6. The minimum Gasteiger partial charge on any atom is -0.497 e. The van der Waals surface area contributed by atoms with E-state index in [4.69, 9.17) is 10.5 Å². The molecule has 0 aliphatic heterocycles. The summed E-state index contributed by atoms with van der Waals surface area (Å²) in [7, 11) is 1.60. The first-order valence-electron chi connectivity index (χ1n) is 5.86. The number of amides is 1. The highest BCUT2D eigenvalue weighted by Gasteiger charge is 2.10. The second-order valence-electron chi connectivity index (χ2n) is 4.23. The zero-order valence-corrected chi connectivity index (χ0v) is 10.7. The second-order valence-corrected chi connectivity index (χ2v) is 4.23. The van der Waals surface area contributed by atoms with Crippen LogP contribution >= 0.6 is 0 Å². The van der Waals surface area contributed by atoms with Gasteiger partial charge >= 0.3 is 0 Å². The van der Waals surface area contributed by atoms with Crippen LogP contribution in [0.15, 0.2) is 24.3 Å². The minimum absolute atomic E-state index is 0.115. The van der Waals surface area contributed by atoms with Crippen LogP contribution in [0, 0.1) is 0 Å². The SMILES string of the molecule is COc1ccc(CC(=O)NCC(N)C(C)O)cc1. The Hall–Kier alpha value is -1.59. The molecule has 100 valence electrons. The number of benzene rings is 1. The van der Waals surface area contributed by atoms with Gasteiger partial charge in [0.2, 0.25) is 5.91 Å². The van der Waals surface area contributed by atoms with Crippen molar-refractivity contribution in [3.63, 3.8) is 0 Å². The molecule has 5 nitrogen and oxygen atoms in total. The molecule has 0 aliphatic rings. The van der Waals surface area contributed by atoms with E-state index in [1.54, 1.807) is 14.0 Å². The highest BCUT2D eigenvalue weighted by Crippen LogP contribution is 2.11. The quantitative estimate of drug-likeness (QED) is 0.668. The molecule has 0 saturated carbocycles. The van der Waals surface area contributed by atoms with Crippen molar-refractivity contribution >= 4 is 5.91 Å². The number of aliphatic hydroxyl groups excluding tert-OH is 1. The lowest BCUT2D eigenvalue weighted by molar-refractivity contribution is -0.120. The first kappa shape index (κ1) is 14.5. The maximum atomic E-state index is 11.6. The first-order chi connectivity index (χ1) is 8.52. The van der Waals surface area contributed by atoms with E-state index in [9.17, 15) is 9.90 Å². The zero-order chi connectivity index (χ0) is 13.5. The van der Waals surface area contributed by atoms with Gasteiger partial charge in [-0.1, -0.05) is 12.1 Å². The van der Waals surface area contributed by atoms with Gasteiger partial charge in [-0.2, -0.15) is 0 Å². The van der Waals surface area contributed by atoms with Crippen molar-refractivity contribution in [2.45, 2.75) is 25.5 Å². The fourth-order valence-electron chi connectivity index (χ4n) is 1.39. The Morgan fingerprint density at radius 1 is 1.44 bits per heavy atom. The molecule has 1 amide bonds. The van der Waals surface area contributed by atoms with E-state index in [1.807, 2.05) is 24.3 Å². The van der Waals surface area contributed by atoms with Gasteiger partial charge in [-0.05, 0) is 24.6 Å².